The molecule has 1 rings (SSSR count). The van der Waals surface area contributed by atoms with Crippen LogP contribution in [0.15, 0.2) is 36.5 Å². The molecule has 1 heterocycles. The third kappa shape index (κ3) is 33.0. The minimum absolute atomic E-state index is 0.115. The summed E-state index contributed by atoms with van der Waals surface area (Å²) in [5, 5.41) is 9.71. The van der Waals surface area contributed by atoms with Gasteiger partial charge in [-0.2, -0.15) is 0 Å². The van der Waals surface area contributed by atoms with Crippen LogP contribution in [-0.4, -0.2) is 82.6 Å². The van der Waals surface area contributed by atoms with Crippen LogP contribution in [0.2, 0.25) is 0 Å². The molecule has 1 aliphatic heterocycles. The monoisotopic (exact) mass is 824 g/mol. The summed E-state index contributed by atoms with van der Waals surface area (Å²) in [4.78, 5) is 52.5. The summed E-state index contributed by atoms with van der Waals surface area (Å²) in [6.07, 6.45) is 27.9. The van der Waals surface area contributed by atoms with Crippen LogP contribution >= 0.6 is 15.6 Å². The van der Waals surface area contributed by atoms with Gasteiger partial charge in [0.05, 0.1) is 32.0 Å². The number of carbonyl (C=O) groups is 2. The quantitative estimate of drug-likeness (QED) is 0.0154. The molecule has 14 nitrogen and oxygen atoms in total. The molecule has 0 radical (unpaired) electrons. The Kier molecular flexibility index (Phi) is 29.2. The average Bonchev–Trinajstić information content (AvgIpc) is 3.88. The number of carbonyl (C=O) groups excluding carboxylic acids is 2. The van der Waals surface area contributed by atoms with Crippen LogP contribution in [0.25, 0.3) is 0 Å². The van der Waals surface area contributed by atoms with E-state index in [2.05, 4.69) is 54.1 Å². The van der Waals surface area contributed by atoms with Gasteiger partial charge >= 0.3 is 27.6 Å². The summed E-state index contributed by atoms with van der Waals surface area (Å²) in [5.41, 5.74) is 0. The van der Waals surface area contributed by atoms with E-state index < -0.39 is 66.2 Å². The van der Waals surface area contributed by atoms with E-state index >= 15 is 0 Å². The molecular weight excluding hydrogens is 754 g/mol. The fraction of sp³-hybridized carbons (Fsp3) is 0.795. The number of phosphoric ester groups is 2. The van der Waals surface area contributed by atoms with Crippen molar-refractivity contribution in [1.82, 2.24) is 0 Å². The molecule has 0 spiro atoms. The van der Waals surface area contributed by atoms with Gasteiger partial charge in [-0.3, -0.25) is 23.2 Å². The van der Waals surface area contributed by atoms with Crippen molar-refractivity contribution in [3.63, 3.8) is 0 Å². The smallest absolute Gasteiger partial charge is 0.462 e. The van der Waals surface area contributed by atoms with Crippen LogP contribution in [0.1, 0.15) is 143 Å². The number of aliphatic hydroxyl groups excluding tert-OH is 1. The maximum absolute atomic E-state index is 12.6. The Bertz CT molecular complexity index is 1200. The third-order valence-electron chi connectivity index (χ3n) is 8.62. The first-order valence-electron chi connectivity index (χ1n) is 20.2. The first-order valence-corrected chi connectivity index (χ1v) is 23.2. The summed E-state index contributed by atoms with van der Waals surface area (Å²) < 4.78 is 53.3. The van der Waals surface area contributed by atoms with Crippen LogP contribution in [0.4, 0.5) is 0 Å². The van der Waals surface area contributed by atoms with Gasteiger partial charge in [0.25, 0.3) is 0 Å². The number of aliphatic hydroxyl groups is 1. The SMILES string of the molecule is CCCCCC1OC1C/C=C\C/C=C\C/C=C\CCCC(=O)OC[C@H](COP(=O)(O)OC[C@@H](O)COP(=O)(O)O)OC(=O)CCCCCCCCCC(C)C. The van der Waals surface area contributed by atoms with Crippen LogP contribution in [0.5, 0.6) is 0 Å². The van der Waals surface area contributed by atoms with Crippen molar-refractivity contribution in [2.24, 2.45) is 5.92 Å². The van der Waals surface area contributed by atoms with E-state index in [-0.39, 0.29) is 12.8 Å². The first-order chi connectivity index (χ1) is 26.2. The lowest BCUT2D eigenvalue weighted by molar-refractivity contribution is -0.161. The normalized spacial score (nSPS) is 18.3. The minimum atomic E-state index is -4.86. The molecular formula is C39H70O14P2. The topological polar surface area (TPSA) is 208 Å². The van der Waals surface area contributed by atoms with Gasteiger partial charge in [0.15, 0.2) is 6.10 Å². The predicted octanol–water partition coefficient (Wildman–Crippen LogP) is 8.57. The number of ether oxygens (including phenoxy) is 3. The Morgan fingerprint density at radius 3 is 1.96 bits per heavy atom. The summed E-state index contributed by atoms with van der Waals surface area (Å²) in [6, 6.07) is 0. The number of unbranched alkanes of at least 4 members (excludes halogenated alkanes) is 9. The molecule has 0 aromatic carbocycles. The van der Waals surface area contributed by atoms with Gasteiger partial charge in [-0.25, -0.2) is 9.13 Å². The van der Waals surface area contributed by atoms with Gasteiger partial charge in [-0.1, -0.05) is 121 Å². The second kappa shape index (κ2) is 31.3. The van der Waals surface area contributed by atoms with Crippen LogP contribution in [0, 0.1) is 5.92 Å². The molecule has 0 aliphatic carbocycles. The van der Waals surface area contributed by atoms with E-state index in [1.165, 1.54) is 44.9 Å². The molecule has 1 saturated heterocycles. The molecule has 3 unspecified atom stereocenters. The number of allylic oxidation sites excluding steroid dienone is 5. The van der Waals surface area contributed by atoms with Gasteiger partial charge in [0.1, 0.15) is 12.7 Å². The number of phosphoric acid groups is 2. The standard InChI is InChI=1S/C39H70O14P2/c1-4-5-19-25-36-37(53-36)26-21-16-12-8-6-7-9-13-17-22-27-38(41)48-31-35(32-51-55(46,47)50-30-34(40)29-49-54(43,44)45)52-39(42)28-23-18-14-10-11-15-20-24-33(2)3/h6,8-9,13,16,21,33-37,40H,4-5,7,10-12,14-15,17-20,22-32H2,1-3H3,(H,46,47)(H2,43,44,45)/b8-6-,13-9-,21-16-/t34-,35+,36?,37?/m0/s1. The van der Waals surface area contributed by atoms with Crippen molar-refractivity contribution in [3.8, 4) is 0 Å². The maximum Gasteiger partial charge on any atom is 0.472 e. The molecule has 5 atom stereocenters. The van der Waals surface area contributed by atoms with E-state index in [1.54, 1.807) is 0 Å². The predicted molar refractivity (Wildman–Crippen MR) is 211 cm³/mol. The number of hydrogen-bond acceptors (Lipinski definition) is 11. The van der Waals surface area contributed by atoms with Crippen molar-refractivity contribution in [1.29, 1.82) is 0 Å². The van der Waals surface area contributed by atoms with E-state index in [4.69, 9.17) is 28.5 Å². The number of epoxide rings is 1. The van der Waals surface area contributed by atoms with Crippen molar-refractivity contribution in [3.05, 3.63) is 36.5 Å². The molecule has 0 amide bonds. The lowest BCUT2D eigenvalue weighted by Crippen LogP contribution is -2.30. The Morgan fingerprint density at radius 2 is 1.29 bits per heavy atom. The van der Waals surface area contributed by atoms with E-state index in [9.17, 15) is 28.7 Å². The summed E-state index contributed by atoms with van der Waals surface area (Å²) in [7, 11) is -9.68. The Morgan fingerprint density at radius 1 is 0.691 bits per heavy atom. The highest BCUT2D eigenvalue weighted by Gasteiger charge is 2.36. The molecule has 0 saturated carbocycles. The van der Waals surface area contributed by atoms with Crippen molar-refractivity contribution < 1.29 is 66.3 Å². The zero-order valence-electron chi connectivity index (χ0n) is 33.4. The first kappa shape index (κ1) is 51.3. The second-order valence-corrected chi connectivity index (χ2v) is 17.1. The maximum atomic E-state index is 12.6. The molecule has 4 N–H and O–H groups in total. The zero-order valence-corrected chi connectivity index (χ0v) is 35.2. The zero-order chi connectivity index (χ0) is 40.8. The lowest BCUT2D eigenvalue weighted by atomic mass is 10.0. The fourth-order valence-electron chi connectivity index (χ4n) is 5.44. The molecule has 1 aliphatic rings. The largest absolute Gasteiger partial charge is 0.472 e. The number of rotatable bonds is 36. The number of hydrogen-bond donors (Lipinski definition) is 4. The van der Waals surface area contributed by atoms with Crippen molar-refractivity contribution >= 4 is 27.6 Å². The molecule has 1 fully saturated rings. The van der Waals surface area contributed by atoms with Crippen LogP contribution in [-0.2, 0) is 46.5 Å². The summed E-state index contributed by atoms with van der Waals surface area (Å²) in [6.45, 7) is 3.87. The molecule has 0 aromatic rings. The lowest BCUT2D eigenvalue weighted by Gasteiger charge is -2.20. The summed E-state index contributed by atoms with van der Waals surface area (Å²) >= 11 is 0. The van der Waals surface area contributed by atoms with E-state index in [1.807, 2.05) is 12.2 Å². The Balaban J connectivity index is 2.40. The number of esters is 2. The highest BCUT2D eigenvalue weighted by atomic mass is 31.2. The van der Waals surface area contributed by atoms with E-state index in [0.29, 0.717) is 37.4 Å². The molecule has 0 bridgehead atoms. The third-order valence-corrected chi connectivity index (χ3v) is 10.1. The molecule has 0 aromatic heterocycles. The van der Waals surface area contributed by atoms with Crippen molar-refractivity contribution in [2.75, 3.05) is 26.4 Å². The Hall–Kier alpha value is -1.70. The highest BCUT2D eigenvalue weighted by Crippen LogP contribution is 2.44. The fourth-order valence-corrected chi connectivity index (χ4v) is 6.60. The Labute approximate surface area is 329 Å². The highest BCUT2D eigenvalue weighted by molar-refractivity contribution is 7.47. The summed E-state index contributed by atoms with van der Waals surface area (Å²) in [5.74, 6) is -0.397. The van der Waals surface area contributed by atoms with Crippen LogP contribution in [0.3, 0.4) is 0 Å². The molecule has 16 heteroatoms. The van der Waals surface area contributed by atoms with Crippen LogP contribution < -0.4 is 0 Å². The average molecular weight is 825 g/mol. The van der Waals surface area contributed by atoms with Gasteiger partial charge in [-0.05, 0) is 50.9 Å². The van der Waals surface area contributed by atoms with Gasteiger partial charge < -0.3 is 34.0 Å². The molecule has 320 valence electrons. The van der Waals surface area contributed by atoms with E-state index in [0.717, 1.165) is 44.9 Å². The van der Waals surface area contributed by atoms with Gasteiger partial charge in [0.2, 0.25) is 0 Å². The van der Waals surface area contributed by atoms with Gasteiger partial charge in [-0.15, -0.1) is 0 Å². The second-order valence-electron chi connectivity index (χ2n) is 14.4. The van der Waals surface area contributed by atoms with Crippen molar-refractivity contribution in [2.45, 2.75) is 167 Å². The van der Waals surface area contributed by atoms with Gasteiger partial charge in [0, 0.05) is 12.8 Å². The minimum Gasteiger partial charge on any atom is -0.462 e. The molecule has 55 heavy (non-hydrogen) atoms.